The molecule has 0 aliphatic heterocycles. The van der Waals surface area contributed by atoms with Crippen molar-refractivity contribution in [3.8, 4) is 11.1 Å². The second kappa shape index (κ2) is 16.1. The number of carbonyl (C=O) groups excluding carboxylic acids is 3. The Kier molecular flexibility index (Phi) is 11.9. The lowest BCUT2D eigenvalue weighted by Gasteiger charge is -2.30. The highest BCUT2D eigenvalue weighted by atomic mass is 32.2. The first kappa shape index (κ1) is 35.6. The molecule has 6 atom stereocenters. The van der Waals surface area contributed by atoms with E-state index in [-0.39, 0.29) is 12.8 Å². The fraction of sp³-hybridized carbons (Fsp3) is 0.528. The van der Waals surface area contributed by atoms with Gasteiger partial charge < -0.3 is 15.6 Å². The number of nitrogens with two attached hydrogens (primary N) is 1. The molecule has 0 aromatic heterocycles. The van der Waals surface area contributed by atoms with Crippen LogP contribution in [-0.2, 0) is 24.3 Å². The van der Waals surface area contributed by atoms with Crippen molar-refractivity contribution in [1.29, 1.82) is 0 Å². The van der Waals surface area contributed by atoms with Crippen molar-refractivity contribution in [3.05, 3.63) is 66.7 Å². The van der Waals surface area contributed by atoms with Gasteiger partial charge in [-0.3, -0.25) is 24.5 Å². The third-order valence-corrected chi connectivity index (χ3v) is 11.6. The van der Waals surface area contributed by atoms with Crippen LogP contribution in [0.4, 0.5) is 10.5 Å². The molecule has 5 rings (SSSR count). The molecule has 0 spiro atoms. The van der Waals surface area contributed by atoms with Crippen LogP contribution in [-0.4, -0.2) is 67.5 Å². The highest BCUT2D eigenvalue weighted by molar-refractivity contribution is 7.90. The first-order valence-electron chi connectivity index (χ1n) is 17.0. The molecule has 0 heterocycles. The van der Waals surface area contributed by atoms with Gasteiger partial charge in [0.05, 0.1) is 10.9 Å². The van der Waals surface area contributed by atoms with Crippen molar-refractivity contribution in [1.82, 2.24) is 9.62 Å². The summed E-state index contributed by atoms with van der Waals surface area (Å²) in [7, 11) is -1.65. The minimum absolute atomic E-state index is 0.233. The first-order valence-corrected chi connectivity index (χ1v) is 18.6. The number of hydrogen-bond donors (Lipinski definition) is 4. The van der Waals surface area contributed by atoms with Crippen molar-refractivity contribution in [2.75, 3.05) is 18.9 Å². The molecule has 0 bridgehead atoms. The standard InChI is InChI=1S/C36H48N4O7S/c1-40(20-10-3-2-5-13-25-21-26(25)16-19-33(41)39-48(45,46)28-17-18-28)35(43)31-23-27(22-30(31)34(37)42)47-36(44)38-32-15-9-8-14-29(32)24-11-6-4-7-12-24/h4-9,11-15,25-28,30-31,35,43H,2-3,10,16-23H2,1H3,(H2,37,42)(H,38,44)(H,39,41)/b13-5-/t25-,26?,27-,30-,31-,35?/m1/s1. The Balaban J connectivity index is 0.999. The Hall–Kier alpha value is -3.74. The van der Waals surface area contributed by atoms with Crippen LogP contribution in [0.25, 0.3) is 11.1 Å². The number of sulfonamides is 1. The normalized spacial score (nSPS) is 24.4. The molecule has 2 unspecified atom stereocenters. The number of ether oxygens (including phenoxy) is 1. The topological polar surface area (TPSA) is 168 Å². The predicted molar refractivity (Wildman–Crippen MR) is 184 cm³/mol. The average Bonchev–Trinajstić information content (AvgIpc) is 3.99. The molecule has 0 saturated heterocycles. The molecule has 3 fully saturated rings. The highest BCUT2D eigenvalue weighted by Crippen LogP contribution is 2.43. The number of unbranched alkanes of at least 4 members (excludes halogenated alkanes) is 2. The number of rotatable bonds is 17. The van der Waals surface area contributed by atoms with Crippen LogP contribution < -0.4 is 15.8 Å². The van der Waals surface area contributed by atoms with Crippen molar-refractivity contribution in [3.63, 3.8) is 0 Å². The molecule has 3 aliphatic carbocycles. The van der Waals surface area contributed by atoms with Crippen molar-refractivity contribution >= 4 is 33.6 Å². The maximum Gasteiger partial charge on any atom is 0.411 e. The van der Waals surface area contributed by atoms with E-state index in [1.807, 2.05) is 66.5 Å². The van der Waals surface area contributed by atoms with Gasteiger partial charge in [-0.05, 0) is 88.3 Å². The minimum Gasteiger partial charge on any atom is -0.446 e. The van der Waals surface area contributed by atoms with E-state index >= 15 is 0 Å². The lowest BCUT2D eigenvalue weighted by molar-refractivity contribution is -0.126. The maximum atomic E-state index is 12.9. The maximum absolute atomic E-state index is 12.9. The molecule has 11 nitrogen and oxygen atoms in total. The van der Waals surface area contributed by atoms with Gasteiger partial charge in [-0.15, -0.1) is 0 Å². The molecule has 2 aromatic carbocycles. The third-order valence-electron chi connectivity index (χ3n) is 9.74. The summed E-state index contributed by atoms with van der Waals surface area (Å²) in [6.45, 7) is 0.629. The van der Waals surface area contributed by atoms with E-state index in [4.69, 9.17) is 10.5 Å². The van der Waals surface area contributed by atoms with Crippen molar-refractivity contribution in [2.45, 2.75) is 81.8 Å². The minimum atomic E-state index is -3.47. The Morgan fingerprint density at radius 3 is 2.50 bits per heavy atom. The van der Waals surface area contributed by atoms with Crippen LogP contribution in [0.2, 0.25) is 0 Å². The summed E-state index contributed by atoms with van der Waals surface area (Å²) in [5, 5.41) is 13.6. The molecule has 260 valence electrons. The zero-order valence-electron chi connectivity index (χ0n) is 27.5. The zero-order chi connectivity index (χ0) is 34.3. The van der Waals surface area contributed by atoms with Crippen LogP contribution in [0, 0.1) is 23.7 Å². The first-order chi connectivity index (χ1) is 23.0. The van der Waals surface area contributed by atoms with Gasteiger partial charge in [-0.25, -0.2) is 13.2 Å². The fourth-order valence-corrected chi connectivity index (χ4v) is 8.05. The van der Waals surface area contributed by atoms with E-state index in [1.165, 1.54) is 0 Å². The summed E-state index contributed by atoms with van der Waals surface area (Å²) in [5.41, 5.74) is 8.15. The monoisotopic (exact) mass is 680 g/mol. The number of primary amides is 1. The fourth-order valence-electron chi connectivity index (χ4n) is 6.71. The molecule has 12 heteroatoms. The van der Waals surface area contributed by atoms with Gasteiger partial charge in [0.25, 0.3) is 0 Å². The van der Waals surface area contributed by atoms with Gasteiger partial charge >= 0.3 is 6.09 Å². The van der Waals surface area contributed by atoms with E-state index in [1.54, 1.807) is 0 Å². The molecule has 3 amide bonds. The predicted octanol–water partition coefficient (Wildman–Crippen LogP) is 4.78. The Morgan fingerprint density at radius 1 is 1.04 bits per heavy atom. The van der Waals surface area contributed by atoms with Crippen LogP contribution >= 0.6 is 0 Å². The number of hydrogen-bond acceptors (Lipinski definition) is 8. The molecule has 48 heavy (non-hydrogen) atoms. The SMILES string of the molecule is CN(CCCC/C=C\[C@@H]1CC1CCC(=O)NS(=O)(=O)C1CC1)C(O)[C@@H]1C[C@H](OC(=O)Nc2ccccc2-c2ccccc2)C[C@H]1C(N)=O. The summed E-state index contributed by atoms with van der Waals surface area (Å²) in [6, 6.07) is 17.2. The second-order valence-electron chi connectivity index (χ2n) is 13.5. The average molecular weight is 681 g/mol. The Labute approximate surface area is 283 Å². The van der Waals surface area contributed by atoms with Gasteiger partial charge in [-0.1, -0.05) is 60.7 Å². The zero-order valence-corrected chi connectivity index (χ0v) is 28.3. The number of nitrogens with zero attached hydrogens (tertiary/aromatic N) is 1. The lowest BCUT2D eigenvalue weighted by Crippen LogP contribution is -2.42. The molecule has 2 aromatic rings. The van der Waals surface area contributed by atoms with Gasteiger partial charge in [0.15, 0.2) is 0 Å². The largest absolute Gasteiger partial charge is 0.446 e. The highest BCUT2D eigenvalue weighted by Gasteiger charge is 2.44. The molecule has 3 aliphatic rings. The van der Waals surface area contributed by atoms with Gasteiger partial charge in [0.1, 0.15) is 12.3 Å². The smallest absolute Gasteiger partial charge is 0.411 e. The van der Waals surface area contributed by atoms with Crippen molar-refractivity contribution in [2.24, 2.45) is 29.4 Å². The molecule has 3 saturated carbocycles. The van der Waals surface area contributed by atoms with Gasteiger partial charge in [0.2, 0.25) is 21.8 Å². The van der Waals surface area contributed by atoms with Crippen LogP contribution in [0.3, 0.4) is 0 Å². The molecule has 0 radical (unpaired) electrons. The van der Waals surface area contributed by atoms with Gasteiger partial charge in [-0.2, -0.15) is 0 Å². The van der Waals surface area contributed by atoms with E-state index in [9.17, 15) is 27.9 Å². The molecular formula is C36H48N4O7S. The molecular weight excluding hydrogens is 632 g/mol. The lowest BCUT2D eigenvalue weighted by atomic mass is 9.93. The summed E-state index contributed by atoms with van der Waals surface area (Å²) in [6.07, 6.45) is 8.72. The summed E-state index contributed by atoms with van der Waals surface area (Å²) in [5.74, 6) is -1.13. The van der Waals surface area contributed by atoms with E-state index in [2.05, 4.69) is 22.2 Å². The number of carbonyl (C=O) groups is 3. The van der Waals surface area contributed by atoms with Crippen LogP contribution in [0.5, 0.6) is 0 Å². The number of amides is 3. The summed E-state index contributed by atoms with van der Waals surface area (Å²) >= 11 is 0. The Morgan fingerprint density at radius 2 is 1.77 bits per heavy atom. The quantitative estimate of drug-likeness (QED) is 0.105. The van der Waals surface area contributed by atoms with E-state index < -0.39 is 57.3 Å². The number of anilines is 1. The van der Waals surface area contributed by atoms with Crippen LogP contribution in [0.1, 0.15) is 64.2 Å². The van der Waals surface area contributed by atoms with Crippen LogP contribution in [0.15, 0.2) is 66.7 Å². The van der Waals surface area contributed by atoms with E-state index in [0.717, 1.165) is 36.8 Å². The van der Waals surface area contributed by atoms with Gasteiger partial charge in [0, 0.05) is 30.4 Å². The van der Waals surface area contributed by atoms with E-state index in [0.29, 0.717) is 49.8 Å². The number of allylic oxidation sites excluding steroid dienone is 2. The number of aliphatic hydroxyl groups is 1. The second-order valence-corrected chi connectivity index (χ2v) is 15.5. The third kappa shape index (κ3) is 9.90. The summed E-state index contributed by atoms with van der Waals surface area (Å²) in [4.78, 5) is 39.0. The Bertz CT molecular complexity index is 1560. The number of benzene rings is 2. The summed E-state index contributed by atoms with van der Waals surface area (Å²) < 4.78 is 31.7. The number of nitrogens with one attached hydrogen (secondary N) is 2. The molecule has 5 N–H and O–H groups in total. The number of aliphatic hydroxyl groups excluding tert-OH is 1. The van der Waals surface area contributed by atoms with Crippen molar-refractivity contribution < 1.29 is 32.6 Å². The number of para-hydroxylation sites is 1.